The maximum absolute atomic E-state index is 11.3. The van der Waals surface area contributed by atoms with Gasteiger partial charge in [0.25, 0.3) is 0 Å². The van der Waals surface area contributed by atoms with E-state index in [1.807, 2.05) is 19.1 Å². The van der Waals surface area contributed by atoms with E-state index in [9.17, 15) is 4.79 Å². The number of hydrogen-bond acceptors (Lipinski definition) is 2. The molecule has 2 rings (SSSR count). The van der Waals surface area contributed by atoms with Crippen LogP contribution in [-0.2, 0) is 0 Å². The Hall–Kier alpha value is -1.87. The molecule has 0 spiro atoms. The standard InChI is InChI=1S/C22H30O2Si/c1-15-12-19(24-25(7,8)22(4,5)6)13-16(2)21(15)20-11-9-10-18(14-23)17(20)3/h9-14H,1-8H3. The number of carbonyl (C=O) groups excluding carboxylic acids is 1. The highest BCUT2D eigenvalue weighted by Gasteiger charge is 2.39. The zero-order chi connectivity index (χ0) is 19.0. The van der Waals surface area contributed by atoms with E-state index < -0.39 is 8.32 Å². The molecule has 0 aliphatic carbocycles. The average molecular weight is 355 g/mol. The highest BCUT2D eigenvalue weighted by molar-refractivity contribution is 6.74. The minimum absolute atomic E-state index is 0.169. The Kier molecular flexibility index (Phi) is 5.29. The Morgan fingerprint density at radius 2 is 1.56 bits per heavy atom. The van der Waals surface area contributed by atoms with Crippen molar-refractivity contribution in [3.63, 3.8) is 0 Å². The van der Waals surface area contributed by atoms with Gasteiger partial charge < -0.3 is 4.43 Å². The van der Waals surface area contributed by atoms with Crippen LogP contribution in [0.3, 0.4) is 0 Å². The van der Waals surface area contributed by atoms with Gasteiger partial charge in [-0.25, -0.2) is 0 Å². The first-order valence-corrected chi connectivity index (χ1v) is 11.7. The van der Waals surface area contributed by atoms with Crippen molar-refractivity contribution in [1.29, 1.82) is 0 Å². The summed E-state index contributed by atoms with van der Waals surface area (Å²) in [5.74, 6) is 0.953. The fourth-order valence-corrected chi connectivity index (χ4v) is 3.92. The summed E-state index contributed by atoms with van der Waals surface area (Å²) in [5.41, 5.74) is 6.46. The van der Waals surface area contributed by atoms with E-state index in [2.05, 4.69) is 65.9 Å². The molecule has 2 aromatic rings. The van der Waals surface area contributed by atoms with E-state index in [1.54, 1.807) is 0 Å². The molecular formula is C22H30O2Si. The predicted octanol–water partition coefficient (Wildman–Crippen LogP) is 6.48. The lowest BCUT2D eigenvalue weighted by molar-refractivity contribution is 0.112. The van der Waals surface area contributed by atoms with E-state index in [4.69, 9.17) is 4.43 Å². The van der Waals surface area contributed by atoms with Crippen LogP contribution >= 0.6 is 0 Å². The number of carbonyl (C=O) groups is 1. The monoisotopic (exact) mass is 354 g/mol. The zero-order valence-corrected chi connectivity index (χ0v) is 17.8. The van der Waals surface area contributed by atoms with E-state index >= 15 is 0 Å². The third-order valence-electron chi connectivity index (χ3n) is 5.46. The lowest BCUT2D eigenvalue weighted by Crippen LogP contribution is -2.43. The van der Waals surface area contributed by atoms with Crippen molar-refractivity contribution in [3.05, 3.63) is 52.6 Å². The molecular weight excluding hydrogens is 324 g/mol. The minimum Gasteiger partial charge on any atom is -0.543 e. The summed E-state index contributed by atoms with van der Waals surface area (Å²) in [6.45, 7) is 17.5. The first-order chi connectivity index (χ1) is 11.5. The van der Waals surface area contributed by atoms with Crippen LogP contribution in [0.4, 0.5) is 0 Å². The smallest absolute Gasteiger partial charge is 0.250 e. The van der Waals surface area contributed by atoms with Gasteiger partial charge in [-0.05, 0) is 78.9 Å². The fourth-order valence-electron chi connectivity index (χ4n) is 2.91. The van der Waals surface area contributed by atoms with Crippen molar-refractivity contribution >= 4 is 14.6 Å². The maximum atomic E-state index is 11.3. The zero-order valence-electron chi connectivity index (χ0n) is 16.8. The molecule has 0 fully saturated rings. The maximum Gasteiger partial charge on any atom is 0.250 e. The van der Waals surface area contributed by atoms with Crippen LogP contribution in [-0.4, -0.2) is 14.6 Å². The molecule has 0 heterocycles. The predicted molar refractivity (Wildman–Crippen MR) is 109 cm³/mol. The number of aryl methyl sites for hydroxylation is 2. The van der Waals surface area contributed by atoms with Crippen molar-refractivity contribution in [2.75, 3.05) is 0 Å². The van der Waals surface area contributed by atoms with Crippen LogP contribution in [0.1, 0.15) is 47.8 Å². The molecule has 0 bridgehead atoms. The number of benzene rings is 2. The van der Waals surface area contributed by atoms with Gasteiger partial charge in [0.15, 0.2) is 0 Å². The fraction of sp³-hybridized carbons (Fsp3) is 0.409. The van der Waals surface area contributed by atoms with Crippen molar-refractivity contribution in [2.24, 2.45) is 0 Å². The van der Waals surface area contributed by atoms with Gasteiger partial charge in [0.1, 0.15) is 12.0 Å². The first kappa shape index (κ1) is 19.5. The van der Waals surface area contributed by atoms with Crippen LogP contribution in [0.25, 0.3) is 11.1 Å². The van der Waals surface area contributed by atoms with Gasteiger partial charge >= 0.3 is 0 Å². The molecule has 0 amide bonds. The van der Waals surface area contributed by atoms with Crippen molar-refractivity contribution in [1.82, 2.24) is 0 Å². The molecule has 2 aromatic carbocycles. The summed E-state index contributed by atoms with van der Waals surface area (Å²) in [6.07, 6.45) is 0.929. The molecule has 0 saturated carbocycles. The second kappa shape index (κ2) is 6.79. The van der Waals surface area contributed by atoms with Crippen molar-refractivity contribution in [3.8, 4) is 16.9 Å². The minimum atomic E-state index is -1.86. The molecule has 0 aliphatic rings. The summed E-state index contributed by atoms with van der Waals surface area (Å²) < 4.78 is 6.48. The molecule has 0 unspecified atom stereocenters. The van der Waals surface area contributed by atoms with E-state index in [1.165, 1.54) is 16.7 Å². The van der Waals surface area contributed by atoms with E-state index in [0.29, 0.717) is 0 Å². The second-order valence-electron chi connectivity index (χ2n) is 8.43. The largest absolute Gasteiger partial charge is 0.543 e. The summed E-state index contributed by atoms with van der Waals surface area (Å²) >= 11 is 0. The normalized spacial score (nSPS) is 12.2. The lowest BCUT2D eigenvalue weighted by atomic mass is 9.90. The van der Waals surface area contributed by atoms with Crippen LogP contribution in [0.15, 0.2) is 30.3 Å². The average Bonchev–Trinajstić information content (AvgIpc) is 2.46. The van der Waals surface area contributed by atoms with Crippen LogP contribution in [0, 0.1) is 20.8 Å². The van der Waals surface area contributed by atoms with Crippen molar-refractivity contribution in [2.45, 2.75) is 59.7 Å². The third-order valence-corrected chi connectivity index (χ3v) is 9.82. The summed E-state index contributed by atoms with van der Waals surface area (Å²) in [4.78, 5) is 11.3. The molecule has 0 saturated heterocycles. The molecule has 3 heteroatoms. The van der Waals surface area contributed by atoms with Gasteiger partial charge in [-0.2, -0.15) is 0 Å². The van der Waals surface area contributed by atoms with Gasteiger partial charge in [-0.3, -0.25) is 4.79 Å². The Labute approximate surface area is 153 Å². The highest BCUT2D eigenvalue weighted by atomic mass is 28.4. The topological polar surface area (TPSA) is 26.3 Å². The first-order valence-electron chi connectivity index (χ1n) is 8.83. The van der Waals surface area contributed by atoms with Crippen LogP contribution in [0.5, 0.6) is 5.75 Å². The highest BCUT2D eigenvalue weighted by Crippen LogP contribution is 2.39. The Bertz CT molecular complexity index is 775. The number of rotatable bonds is 4. The van der Waals surface area contributed by atoms with Gasteiger partial charge in [0.2, 0.25) is 8.32 Å². The molecule has 0 atom stereocenters. The van der Waals surface area contributed by atoms with Gasteiger partial charge in [0.05, 0.1) is 0 Å². The summed E-state index contributed by atoms with van der Waals surface area (Å²) in [5, 5.41) is 0.169. The van der Waals surface area contributed by atoms with Gasteiger partial charge in [0, 0.05) is 5.56 Å². The van der Waals surface area contributed by atoms with Crippen LogP contribution < -0.4 is 4.43 Å². The molecule has 0 radical (unpaired) electrons. The van der Waals surface area contributed by atoms with Gasteiger partial charge in [-0.1, -0.05) is 39.0 Å². The van der Waals surface area contributed by atoms with E-state index in [0.717, 1.165) is 28.7 Å². The molecule has 0 aliphatic heterocycles. The Morgan fingerprint density at radius 1 is 1.00 bits per heavy atom. The van der Waals surface area contributed by atoms with Crippen molar-refractivity contribution < 1.29 is 9.22 Å². The molecule has 2 nitrogen and oxygen atoms in total. The summed E-state index contributed by atoms with van der Waals surface area (Å²) in [6, 6.07) is 10.2. The molecule has 134 valence electrons. The lowest BCUT2D eigenvalue weighted by Gasteiger charge is -2.36. The second-order valence-corrected chi connectivity index (χ2v) is 13.2. The van der Waals surface area contributed by atoms with E-state index in [-0.39, 0.29) is 5.04 Å². The number of aldehydes is 1. The third kappa shape index (κ3) is 3.87. The molecule has 0 aromatic heterocycles. The Balaban J connectivity index is 2.51. The SMILES string of the molecule is Cc1cc(O[Si](C)(C)C(C)(C)C)cc(C)c1-c1cccc(C=O)c1C. The Morgan fingerprint density at radius 3 is 2.04 bits per heavy atom. The number of hydrogen-bond donors (Lipinski definition) is 0. The quantitative estimate of drug-likeness (QED) is 0.464. The molecule has 0 N–H and O–H groups in total. The summed E-state index contributed by atoms with van der Waals surface area (Å²) in [7, 11) is -1.86. The van der Waals surface area contributed by atoms with Crippen LogP contribution in [0.2, 0.25) is 18.1 Å². The van der Waals surface area contributed by atoms with Gasteiger partial charge in [-0.15, -0.1) is 0 Å². The molecule has 25 heavy (non-hydrogen) atoms.